The second-order valence-corrected chi connectivity index (χ2v) is 9.68. The molecule has 2 saturated heterocycles. The number of carbonyl (C=O) groups excluding carboxylic acids is 3. The van der Waals surface area contributed by atoms with Gasteiger partial charge in [-0.1, -0.05) is 6.07 Å². The van der Waals surface area contributed by atoms with Gasteiger partial charge in [-0.3, -0.25) is 9.59 Å². The average molecular weight is 393 g/mol. The molecule has 2 amide bonds. The van der Waals surface area contributed by atoms with Gasteiger partial charge in [-0.05, 0) is 32.2 Å². The molecule has 1 aromatic heterocycles. The van der Waals surface area contributed by atoms with Gasteiger partial charge in [0.25, 0.3) is 5.91 Å². The molecule has 0 saturated carbocycles. The molecular formula is C15H17N2NaO3S3. The van der Waals surface area contributed by atoms with Crippen LogP contribution in [-0.2, 0) is 33.4 Å². The van der Waals surface area contributed by atoms with Crippen LogP contribution in [0, 0.1) is 0 Å². The summed E-state index contributed by atoms with van der Waals surface area (Å²) in [4.78, 5) is 39.1. The van der Waals surface area contributed by atoms with E-state index in [0.717, 1.165) is 4.88 Å². The van der Waals surface area contributed by atoms with E-state index in [9.17, 15) is 14.4 Å². The monoisotopic (exact) mass is 392 g/mol. The van der Waals surface area contributed by atoms with Crippen LogP contribution in [0.2, 0.25) is 0 Å². The van der Waals surface area contributed by atoms with Gasteiger partial charge in [0, 0.05) is 14.7 Å². The number of nitrogens with one attached hydrogen (secondary N) is 1. The maximum atomic E-state index is 12.6. The third kappa shape index (κ3) is 3.17. The van der Waals surface area contributed by atoms with Gasteiger partial charge in [0.1, 0.15) is 10.9 Å². The van der Waals surface area contributed by atoms with Crippen molar-refractivity contribution in [3.8, 4) is 0 Å². The molecule has 3 rings (SSSR count). The first-order chi connectivity index (χ1) is 10.7. The maximum Gasteiger partial charge on any atom is 1.00 e. The normalized spacial score (nSPS) is 30.1. The van der Waals surface area contributed by atoms with Gasteiger partial charge < -0.3 is 27.6 Å². The molecule has 0 spiro atoms. The summed E-state index contributed by atoms with van der Waals surface area (Å²) in [7, 11) is 0. The summed E-state index contributed by atoms with van der Waals surface area (Å²) < 4.78 is -0.449. The number of nitrogens with zero attached hydrogens (tertiary/aromatic N) is 1. The molecule has 24 heavy (non-hydrogen) atoms. The Balaban J connectivity index is 0.00000208. The van der Waals surface area contributed by atoms with Crippen LogP contribution in [0.5, 0.6) is 0 Å². The molecular weight excluding hydrogens is 375 g/mol. The number of fused-ring (bicyclic) bond motifs is 1. The molecule has 0 aliphatic carbocycles. The van der Waals surface area contributed by atoms with Crippen molar-refractivity contribution in [1.29, 1.82) is 0 Å². The zero-order chi connectivity index (χ0) is 17.0. The van der Waals surface area contributed by atoms with E-state index in [-0.39, 0.29) is 53.2 Å². The van der Waals surface area contributed by atoms with Gasteiger partial charge in [-0.15, -0.1) is 23.1 Å². The summed E-state index contributed by atoms with van der Waals surface area (Å²) in [6.07, 6.45) is 0.255. The van der Waals surface area contributed by atoms with Gasteiger partial charge in [-0.2, -0.15) is 0 Å². The van der Waals surface area contributed by atoms with Crippen molar-refractivity contribution in [2.45, 2.75) is 48.9 Å². The van der Waals surface area contributed by atoms with Gasteiger partial charge in [0.05, 0.1) is 12.5 Å². The largest absolute Gasteiger partial charge is 1.00 e. The summed E-state index contributed by atoms with van der Waals surface area (Å²) in [5.41, 5.74) is -0.976. The first kappa shape index (κ1) is 20.2. The molecule has 5 nitrogen and oxygen atoms in total. The molecule has 0 aromatic carbocycles. The molecule has 0 bridgehead atoms. The van der Waals surface area contributed by atoms with Crippen LogP contribution in [0.4, 0.5) is 0 Å². The quantitative estimate of drug-likeness (QED) is 0.376. The van der Waals surface area contributed by atoms with Crippen LogP contribution in [0.25, 0.3) is 0 Å². The van der Waals surface area contributed by atoms with E-state index < -0.39 is 21.4 Å². The smallest absolute Gasteiger partial charge is 0.740 e. The first-order valence-corrected chi connectivity index (χ1v) is 9.38. The van der Waals surface area contributed by atoms with Crippen LogP contribution < -0.4 is 34.9 Å². The van der Waals surface area contributed by atoms with Crippen molar-refractivity contribution in [2.75, 3.05) is 0 Å². The van der Waals surface area contributed by atoms with E-state index in [2.05, 4.69) is 5.32 Å². The Morgan fingerprint density at radius 1 is 1.38 bits per heavy atom. The number of hydrogen-bond acceptors (Lipinski definition) is 6. The number of hydrogen-bond donors (Lipinski definition) is 1. The van der Waals surface area contributed by atoms with Gasteiger partial charge in [0.15, 0.2) is 0 Å². The van der Waals surface area contributed by atoms with Crippen molar-refractivity contribution in [1.82, 2.24) is 10.2 Å². The Kier molecular flexibility index (Phi) is 5.80. The number of amides is 2. The number of carbonyl (C=O) groups is 3. The molecule has 2 aliphatic heterocycles. The summed E-state index contributed by atoms with van der Waals surface area (Å²) in [5, 5.41) is 4.09. The van der Waals surface area contributed by atoms with E-state index in [1.807, 2.05) is 31.4 Å². The van der Waals surface area contributed by atoms with Gasteiger partial charge in [-0.25, -0.2) is 0 Å². The summed E-state index contributed by atoms with van der Waals surface area (Å²) in [6.45, 7) is 5.54. The van der Waals surface area contributed by atoms with E-state index >= 15 is 0 Å². The molecule has 1 unspecified atom stereocenters. The number of rotatable bonds is 4. The molecule has 3 atom stereocenters. The number of thiophene rings is 1. The van der Waals surface area contributed by atoms with E-state index in [1.165, 1.54) is 28.0 Å². The molecule has 3 heterocycles. The fraction of sp³-hybridized carbons (Fsp3) is 0.533. The Labute approximate surface area is 177 Å². The predicted molar refractivity (Wildman–Crippen MR) is 93.0 cm³/mol. The molecule has 1 aromatic rings. The topological polar surface area (TPSA) is 66.5 Å². The minimum absolute atomic E-state index is 0. The third-order valence-corrected chi connectivity index (χ3v) is 7.17. The van der Waals surface area contributed by atoms with Crippen LogP contribution in [0.1, 0.15) is 25.6 Å². The third-order valence-electron chi connectivity index (χ3n) is 4.31. The minimum Gasteiger partial charge on any atom is -0.740 e. The summed E-state index contributed by atoms with van der Waals surface area (Å²) in [5.74, 6) is -0.419. The second kappa shape index (κ2) is 6.89. The summed E-state index contributed by atoms with van der Waals surface area (Å²) >= 11 is 7.84. The SMILES string of the molecule is CC1(C)S[C@H]2N(C(=O)C2(C)NC(=O)Cc2cccs2)[C@H]1C(=O)[S-].[Na+]. The fourth-order valence-corrected chi connectivity index (χ4v) is 6.06. The summed E-state index contributed by atoms with van der Waals surface area (Å²) in [6, 6.07) is 3.17. The molecule has 2 fully saturated rings. The average Bonchev–Trinajstić information content (AvgIpc) is 3.02. The number of β-lactam (4-membered cyclic amide) rings is 1. The Bertz CT molecular complexity index is 680. The molecule has 2 aliphatic rings. The van der Waals surface area contributed by atoms with E-state index in [4.69, 9.17) is 12.6 Å². The minimum atomic E-state index is -0.976. The van der Waals surface area contributed by atoms with Crippen LogP contribution in [0.15, 0.2) is 17.5 Å². The Morgan fingerprint density at radius 3 is 2.58 bits per heavy atom. The molecule has 9 heteroatoms. The van der Waals surface area contributed by atoms with Crippen molar-refractivity contribution in [2.24, 2.45) is 0 Å². The van der Waals surface area contributed by atoms with Crippen LogP contribution in [0.3, 0.4) is 0 Å². The Morgan fingerprint density at radius 2 is 2.04 bits per heavy atom. The fourth-order valence-electron chi connectivity index (χ4n) is 3.22. The van der Waals surface area contributed by atoms with Crippen molar-refractivity contribution in [3.63, 3.8) is 0 Å². The van der Waals surface area contributed by atoms with E-state index in [0.29, 0.717) is 0 Å². The molecule has 124 valence electrons. The second-order valence-electron chi connectivity index (χ2n) is 6.51. The van der Waals surface area contributed by atoms with Crippen LogP contribution >= 0.6 is 23.1 Å². The van der Waals surface area contributed by atoms with Gasteiger partial charge in [0.2, 0.25) is 5.91 Å². The van der Waals surface area contributed by atoms with Crippen molar-refractivity contribution < 1.29 is 43.9 Å². The maximum absolute atomic E-state index is 12.6. The zero-order valence-electron chi connectivity index (χ0n) is 14.0. The number of thioether (sulfide) groups is 1. The van der Waals surface area contributed by atoms with Crippen LogP contribution in [-0.4, -0.2) is 43.5 Å². The molecule has 0 radical (unpaired) electrons. The van der Waals surface area contributed by atoms with Crippen molar-refractivity contribution in [3.05, 3.63) is 22.4 Å². The molecule has 1 N–H and O–H groups in total. The first-order valence-electron chi connectivity index (χ1n) is 7.21. The predicted octanol–water partition coefficient (Wildman–Crippen LogP) is -1.69. The van der Waals surface area contributed by atoms with E-state index in [1.54, 1.807) is 6.92 Å². The Hall–Kier alpha value is -0.120. The standard InChI is InChI=1S/C15H18N2O3S3.Na/c1-14(2)10(11(19)21)17-12(20)15(3,13(17)23-14)16-9(18)7-8-5-4-6-22-8;/h4-6,10,13H,7H2,1-3H3,(H,16,18)(H,19,21);/q;+1/p-1/t10-,13+,15?;/m0./s1. The van der Waals surface area contributed by atoms with Gasteiger partial charge >= 0.3 is 29.6 Å². The van der Waals surface area contributed by atoms with Crippen molar-refractivity contribution >= 4 is 52.7 Å². The zero-order valence-corrected chi connectivity index (χ0v) is 18.4.